The Morgan fingerprint density at radius 1 is 0.625 bits per heavy atom. The lowest BCUT2D eigenvalue weighted by atomic mass is 9.35. The van der Waals surface area contributed by atoms with Crippen molar-refractivity contribution in [3.63, 3.8) is 0 Å². The number of rotatable bonds is 11. The van der Waals surface area contributed by atoms with Crippen molar-refractivity contribution in [2.24, 2.45) is 45.3 Å². The molecule has 11 N–H and O–H groups in total. The van der Waals surface area contributed by atoms with Gasteiger partial charge in [-0.15, -0.1) is 0 Å². The molecule has 0 aromatic heterocycles. The summed E-state index contributed by atoms with van der Waals surface area (Å²) in [5.41, 5.74) is -0.901. The van der Waals surface area contributed by atoms with Crippen LogP contribution in [0.5, 0.6) is 0 Å². The average molecular weight is 1030 g/mol. The second-order valence-electron chi connectivity index (χ2n) is 24.8. The molecule has 0 amide bonds. The van der Waals surface area contributed by atoms with Crippen LogP contribution in [0.15, 0.2) is 11.6 Å². The normalized spacial score (nSPS) is 56.9. The van der Waals surface area contributed by atoms with E-state index in [4.69, 9.17) is 47.4 Å². The van der Waals surface area contributed by atoms with E-state index < -0.39 is 141 Å². The highest BCUT2D eigenvalue weighted by Crippen LogP contribution is 2.80. The molecule has 10 aliphatic rings. The minimum atomic E-state index is -1.82. The van der Waals surface area contributed by atoms with E-state index in [0.29, 0.717) is 25.9 Å². The molecule has 412 valence electrons. The Kier molecular flexibility index (Phi) is 14.6. The van der Waals surface area contributed by atoms with Crippen LogP contribution in [0.2, 0.25) is 0 Å². The first-order valence-electron chi connectivity index (χ1n) is 26.4. The second-order valence-corrected chi connectivity index (χ2v) is 24.8. The highest BCUT2D eigenvalue weighted by Gasteiger charge is 2.81. The topological polar surface area (TPSA) is 315 Å². The molecule has 21 nitrogen and oxygen atoms in total. The summed E-state index contributed by atoms with van der Waals surface area (Å²) in [5.74, 6) is -0.585. The molecule has 2 spiro atoms. The Bertz CT molecular complexity index is 1970. The fourth-order valence-electron chi connectivity index (χ4n) is 16.9. The van der Waals surface area contributed by atoms with Gasteiger partial charge in [0, 0.05) is 24.2 Å². The Hall–Kier alpha value is -1.10. The van der Waals surface area contributed by atoms with Crippen LogP contribution >= 0.6 is 0 Å². The van der Waals surface area contributed by atoms with Crippen LogP contribution in [0.25, 0.3) is 0 Å². The Labute approximate surface area is 420 Å². The predicted molar refractivity (Wildman–Crippen MR) is 245 cm³/mol. The summed E-state index contributed by atoms with van der Waals surface area (Å²) in [4.78, 5) is 0. The van der Waals surface area contributed by atoms with Gasteiger partial charge in [-0.1, -0.05) is 39.3 Å². The lowest BCUT2D eigenvalue weighted by Gasteiger charge is -2.70. The summed E-state index contributed by atoms with van der Waals surface area (Å²) in [6, 6.07) is 0. The molecular formula is C51H82O21. The van der Waals surface area contributed by atoms with Crippen molar-refractivity contribution in [2.45, 2.75) is 228 Å². The zero-order valence-electron chi connectivity index (χ0n) is 42.6. The maximum Gasteiger partial charge on any atom is 0.187 e. The minimum absolute atomic E-state index is 0.152. The molecule has 28 atom stereocenters. The molecule has 10 rings (SSSR count). The van der Waals surface area contributed by atoms with Gasteiger partial charge in [-0.25, -0.2) is 0 Å². The lowest BCUT2D eigenvalue weighted by molar-refractivity contribution is -0.380. The number of aliphatic hydroxyl groups excluding tert-OH is 11. The number of hydrogen-bond donors (Lipinski definition) is 11. The first kappa shape index (κ1) is 54.3. The van der Waals surface area contributed by atoms with E-state index >= 15 is 0 Å². The number of aliphatic hydroxyl groups is 11. The second kappa shape index (κ2) is 19.4. The molecule has 4 saturated carbocycles. The molecule has 0 aromatic rings. The molecule has 6 saturated heterocycles. The van der Waals surface area contributed by atoms with Crippen LogP contribution in [0.1, 0.15) is 99.8 Å². The minimum Gasteiger partial charge on any atom is -0.394 e. The Balaban J connectivity index is 0.910. The summed E-state index contributed by atoms with van der Waals surface area (Å²) >= 11 is 0. The van der Waals surface area contributed by atoms with Gasteiger partial charge < -0.3 is 104 Å². The molecule has 0 radical (unpaired) electrons. The van der Waals surface area contributed by atoms with Crippen molar-refractivity contribution < 1.29 is 104 Å². The summed E-state index contributed by atoms with van der Waals surface area (Å²) in [6.07, 6.45) is -17.5. The van der Waals surface area contributed by atoms with Gasteiger partial charge in [0.1, 0.15) is 79.4 Å². The summed E-state index contributed by atoms with van der Waals surface area (Å²) in [7, 11) is 0. The molecule has 6 heterocycles. The maximum absolute atomic E-state index is 11.5. The van der Waals surface area contributed by atoms with Crippen LogP contribution in [-0.4, -0.2) is 217 Å². The van der Waals surface area contributed by atoms with Gasteiger partial charge in [0.2, 0.25) is 0 Å². The zero-order chi connectivity index (χ0) is 51.8. The fraction of sp³-hybridized carbons (Fsp3) is 0.961. The quantitative estimate of drug-likeness (QED) is 0.0880. The van der Waals surface area contributed by atoms with Gasteiger partial charge in [0.15, 0.2) is 30.9 Å². The summed E-state index contributed by atoms with van der Waals surface area (Å²) in [6.45, 7) is 14.2. The van der Waals surface area contributed by atoms with E-state index in [-0.39, 0.29) is 59.2 Å². The van der Waals surface area contributed by atoms with E-state index in [2.05, 4.69) is 40.7 Å². The van der Waals surface area contributed by atoms with Crippen molar-refractivity contribution in [3.8, 4) is 0 Å². The highest BCUT2D eigenvalue weighted by molar-refractivity contribution is 5.27. The molecule has 0 aromatic carbocycles. The van der Waals surface area contributed by atoms with Crippen molar-refractivity contribution in [1.82, 2.24) is 0 Å². The van der Waals surface area contributed by atoms with Gasteiger partial charge >= 0.3 is 0 Å². The third-order valence-corrected chi connectivity index (χ3v) is 20.2. The van der Waals surface area contributed by atoms with Crippen molar-refractivity contribution >= 4 is 0 Å². The van der Waals surface area contributed by atoms with Gasteiger partial charge in [-0.2, -0.15) is 0 Å². The average Bonchev–Trinajstić information content (AvgIpc) is 3.94. The number of fused-ring (bicyclic) bond motifs is 4. The fourth-order valence-corrected chi connectivity index (χ4v) is 16.9. The van der Waals surface area contributed by atoms with E-state index in [9.17, 15) is 56.2 Å². The van der Waals surface area contributed by atoms with Crippen LogP contribution in [0.4, 0.5) is 0 Å². The third kappa shape index (κ3) is 8.36. The number of hydrogen-bond acceptors (Lipinski definition) is 21. The lowest BCUT2D eigenvalue weighted by Crippen LogP contribution is -2.68. The van der Waals surface area contributed by atoms with E-state index in [1.54, 1.807) is 0 Å². The molecule has 10 unspecified atom stereocenters. The van der Waals surface area contributed by atoms with Crippen molar-refractivity contribution in [1.29, 1.82) is 0 Å². The SMILES string of the molecule is CC(C)=CC1C[C@@](C)(O[C@@H]2OC[C@H](O)[C@@H](O)C2O)C2C3CCC4[C@@]5(C)CC[C@H](O[C@@H]6OC[C@H](O)[C@@H](O[C@@H]7OC(CO)[C@@H](O)[C@@H](O)C7O)C6O[C@@H]6O[C@@H](CO)[C@@H](O)C6O)C(C)(C)C5CC[C@@]4(C)[C@@]34CO[C@@]2(C4)O1. The Morgan fingerprint density at radius 3 is 1.90 bits per heavy atom. The van der Waals surface area contributed by atoms with Crippen LogP contribution in [-0.2, 0) is 47.4 Å². The molecular weight excluding hydrogens is 949 g/mol. The standard InChI is InChI=1S/C51H82O21/c1-22(2)14-23-15-49(7,72-42-36(60)32(56)25(54)18-63-42)41-24-8-9-30-47(5)12-11-31(46(3,4)29(47)10-13-48(30,6)50(24)20-51(41,71-23)65-21-50)68-45-40(70-43-37(61)34(58)28(17-53)67-43)39(26(55)19-64-45)69-44-38(62)35(59)33(57)27(16-52)66-44/h14,23-45,52-62H,8-13,15-21H2,1-7H3/t23?,24?,25-,26-,27?,28-,29?,30?,31-,32+,33+,34+,35+,36?,37?,38?,39+,40?,41?,42-,43-,44-,45-,47-,48+,49+,50-,51-/m0/s1. The van der Waals surface area contributed by atoms with Gasteiger partial charge in [-0.05, 0) is 93.3 Å². The van der Waals surface area contributed by atoms with Crippen LogP contribution in [0, 0.1) is 45.3 Å². The molecule has 72 heavy (non-hydrogen) atoms. The smallest absolute Gasteiger partial charge is 0.187 e. The van der Waals surface area contributed by atoms with Gasteiger partial charge in [0.25, 0.3) is 0 Å². The van der Waals surface area contributed by atoms with E-state index in [1.807, 2.05) is 13.8 Å². The maximum atomic E-state index is 11.5. The first-order chi connectivity index (χ1) is 33.9. The molecule has 2 bridgehead atoms. The van der Waals surface area contributed by atoms with E-state index in [1.165, 1.54) is 0 Å². The van der Waals surface area contributed by atoms with Crippen molar-refractivity contribution in [3.05, 3.63) is 11.6 Å². The van der Waals surface area contributed by atoms with Gasteiger partial charge in [-0.3, -0.25) is 0 Å². The monoisotopic (exact) mass is 1030 g/mol. The summed E-state index contributed by atoms with van der Waals surface area (Å²) < 4.78 is 64.1. The molecule has 6 aliphatic heterocycles. The number of allylic oxidation sites excluding steroid dienone is 1. The molecule has 21 heteroatoms. The first-order valence-corrected chi connectivity index (χ1v) is 26.4. The molecule has 4 aliphatic carbocycles. The predicted octanol–water partition coefficient (Wildman–Crippen LogP) is -0.931. The van der Waals surface area contributed by atoms with Crippen molar-refractivity contribution in [2.75, 3.05) is 33.0 Å². The number of ether oxygens (including phenoxy) is 10. The van der Waals surface area contributed by atoms with E-state index in [0.717, 1.165) is 37.7 Å². The van der Waals surface area contributed by atoms with Crippen LogP contribution < -0.4 is 0 Å². The zero-order valence-corrected chi connectivity index (χ0v) is 42.6. The van der Waals surface area contributed by atoms with Gasteiger partial charge in [0.05, 0.1) is 50.8 Å². The third-order valence-electron chi connectivity index (χ3n) is 20.2. The Morgan fingerprint density at radius 2 is 1.24 bits per heavy atom. The molecule has 10 fully saturated rings. The summed E-state index contributed by atoms with van der Waals surface area (Å²) in [5, 5.41) is 117. The highest BCUT2D eigenvalue weighted by atomic mass is 16.8. The van der Waals surface area contributed by atoms with Crippen LogP contribution in [0.3, 0.4) is 0 Å². The largest absolute Gasteiger partial charge is 0.394 e.